The highest BCUT2D eigenvalue weighted by Gasteiger charge is 2.61. The Bertz CT molecular complexity index is 1000. The molecule has 0 saturated heterocycles. The Balaban J connectivity index is 1.39. The molecule has 0 spiro atoms. The molecule has 0 amide bonds. The maximum Gasteiger partial charge on any atom is 0.338 e. The first-order valence-corrected chi connectivity index (χ1v) is 13.5. The number of ether oxygens (including phenoxy) is 2. The monoisotopic (exact) mass is 474 g/mol. The summed E-state index contributed by atoms with van der Waals surface area (Å²) < 4.78 is 12.4. The molecule has 0 radical (unpaired) electrons. The van der Waals surface area contributed by atoms with Crippen molar-refractivity contribution in [1.82, 2.24) is 0 Å². The van der Waals surface area contributed by atoms with Crippen molar-refractivity contribution in [3.05, 3.63) is 70.8 Å². The van der Waals surface area contributed by atoms with E-state index in [4.69, 9.17) is 9.47 Å². The Labute approximate surface area is 209 Å². The average molecular weight is 475 g/mol. The Hall–Kier alpha value is -2.62. The molecule has 35 heavy (non-hydrogen) atoms. The van der Waals surface area contributed by atoms with Gasteiger partial charge in [-0.25, -0.2) is 9.59 Å². The largest absolute Gasteiger partial charge is 0.455 e. The van der Waals surface area contributed by atoms with Gasteiger partial charge in [-0.2, -0.15) is 0 Å². The molecule has 0 heterocycles. The molecule has 4 heteroatoms. The summed E-state index contributed by atoms with van der Waals surface area (Å²) in [6, 6.07) is 15.4. The zero-order valence-corrected chi connectivity index (χ0v) is 21.4. The smallest absolute Gasteiger partial charge is 0.338 e. The Kier molecular flexibility index (Phi) is 6.74. The molecule has 2 aromatic rings. The number of benzene rings is 2. The molecule has 6 unspecified atom stereocenters. The van der Waals surface area contributed by atoms with Crippen molar-refractivity contribution in [3.63, 3.8) is 0 Å². The molecule has 3 fully saturated rings. The van der Waals surface area contributed by atoms with Crippen LogP contribution in [-0.4, -0.2) is 24.1 Å². The quantitative estimate of drug-likeness (QED) is 0.418. The zero-order chi connectivity index (χ0) is 24.7. The zero-order valence-electron chi connectivity index (χ0n) is 21.4. The number of hydrogen-bond donors (Lipinski definition) is 0. The molecule has 3 saturated carbocycles. The van der Waals surface area contributed by atoms with Crippen molar-refractivity contribution in [1.29, 1.82) is 0 Å². The number of esters is 2. The third-order valence-corrected chi connectivity index (χ3v) is 8.75. The van der Waals surface area contributed by atoms with Crippen LogP contribution in [-0.2, 0) is 9.47 Å². The summed E-state index contributed by atoms with van der Waals surface area (Å²) in [4.78, 5) is 26.5. The fraction of sp³-hybridized carbons (Fsp3) is 0.548. The van der Waals surface area contributed by atoms with E-state index in [2.05, 4.69) is 27.7 Å². The average Bonchev–Trinajstić information content (AvgIpc) is 3.41. The van der Waals surface area contributed by atoms with E-state index >= 15 is 0 Å². The molecule has 2 aromatic carbocycles. The molecule has 0 N–H and O–H groups in total. The minimum Gasteiger partial charge on any atom is -0.455 e. The number of hydrogen-bond acceptors (Lipinski definition) is 4. The van der Waals surface area contributed by atoms with Gasteiger partial charge in [0, 0.05) is 11.8 Å². The van der Waals surface area contributed by atoms with Crippen LogP contribution in [0.15, 0.2) is 48.5 Å². The summed E-state index contributed by atoms with van der Waals surface area (Å²) in [7, 11) is 0. The van der Waals surface area contributed by atoms with Crippen LogP contribution in [0.2, 0.25) is 0 Å². The van der Waals surface area contributed by atoms with E-state index < -0.39 is 0 Å². The van der Waals surface area contributed by atoms with Gasteiger partial charge in [0.25, 0.3) is 0 Å². The third-order valence-electron chi connectivity index (χ3n) is 8.75. The molecule has 3 aliphatic rings. The van der Waals surface area contributed by atoms with Gasteiger partial charge in [-0.3, -0.25) is 0 Å². The predicted molar refractivity (Wildman–Crippen MR) is 137 cm³/mol. The number of rotatable bonds is 6. The van der Waals surface area contributed by atoms with Crippen LogP contribution in [0.3, 0.4) is 0 Å². The summed E-state index contributed by atoms with van der Waals surface area (Å²) in [6.07, 6.45) is 5.13. The minimum atomic E-state index is -0.369. The minimum absolute atomic E-state index is 0.280. The van der Waals surface area contributed by atoms with Gasteiger partial charge < -0.3 is 9.47 Å². The maximum atomic E-state index is 13.3. The fourth-order valence-corrected chi connectivity index (χ4v) is 6.90. The summed E-state index contributed by atoms with van der Waals surface area (Å²) in [5.41, 5.74) is 3.39. The van der Waals surface area contributed by atoms with Crippen molar-refractivity contribution in [2.45, 2.75) is 83.8 Å². The van der Waals surface area contributed by atoms with E-state index in [1.807, 2.05) is 48.5 Å². The molecule has 0 aliphatic heterocycles. The molecule has 3 aliphatic carbocycles. The van der Waals surface area contributed by atoms with E-state index in [-0.39, 0.29) is 36.0 Å². The Morgan fingerprint density at radius 1 is 0.686 bits per heavy atom. The van der Waals surface area contributed by atoms with Gasteiger partial charge in [-0.05, 0) is 78.3 Å². The van der Waals surface area contributed by atoms with Crippen LogP contribution in [0.5, 0.6) is 0 Å². The standard InChI is InChI=1S/C31H38O4/c1-18(2)20-9-7-11-22(15-20)30(32)34-28-26-17-27(25-14-6-5-13-24(25)26)29(28)35-31(33)23-12-8-10-21(16-23)19(3)4/h7-12,15-16,18-19,24-29H,5-6,13-14,17H2,1-4H3. The lowest BCUT2D eigenvalue weighted by Crippen LogP contribution is -2.47. The molecule has 4 nitrogen and oxygen atoms in total. The lowest BCUT2D eigenvalue weighted by molar-refractivity contribution is -0.0872. The van der Waals surface area contributed by atoms with Crippen LogP contribution in [0.1, 0.15) is 103 Å². The van der Waals surface area contributed by atoms with Crippen LogP contribution in [0.25, 0.3) is 0 Å². The lowest BCUT2D eigenvalue weighted by Gasteiger charge is -2.42. The topological polar surface area (TPSA) is 52.6 Å². The third kappa shape index (κ3) is 4.64. The van der Waals surface area contributed by atoms with E-state index in [0.29, 0.717) is 34.8 Å². The first kappa shape index (κ1) is 24.1. The highest BCUT2D eigenvalue weighted by Crippen LogP contribution is 2.59. The van der Waals surface area contributed by atoms with Crippen molar-refractivity contribution in [2.75, 3.05) is 0 Å². The van der Waals surface area contributed by atoms with Crippen molar-refractivity contribution in [3.8, 4) is 0 Å². The summed E-state index contributed by atoms with van der Waals surface area (Å²) >= 11 is 0. The van der Waals surface area contributed by atoms with E-state index in [9.17, 15) is 9.59 Å². The summed E-state index contributed by atoms with van der Waals surface area (Å²) in [5.74, 6) is 1.78. The van der Waals surface area contributed by atoms with Crippen LogP contribution in [0, 0.1) is 23.7 Å². The first-order chi connectivity index (χ1) is 16.8. The normalized spacial score (nSPS) is 29.3. The van der Waals surface area contributed by atoms with Gasteiger partial charge in [0.05, 0.1) is 11.1 Å². The number of carbonyl (C=O) groups excluding carboxylic acids is 2. The highest BCUT2D eigenvalue weighted by molar-refractivity contribution is 5.90. The fourth-order valence-electron chi connectivity index (χ4n) is 6.90. The maximum absolute atomic E-state index is 13.3. The number of carbonyl (C=O) groups is 2. The van der Waals surface area contributed by atoms with Crippen LogP contribution >= 0.6 is 0 Å². The molecule has 2 bridgehead atoms. The molecule has 6 atom stereocenters. The molecular formula is C31H38O4. The van der Waals surface area contributed by atoms with Crippen molar-refractivity contribution >= 4 is 11.9 Å². The highest BCUT2D eigenvalue weighted by atomic mass is 16.6. The van der Waals surface area contributed by atoms with Crippen molar-refractivity contribution < 1.29 is 19.1 Å². The number of fused-ring (bicyclic) bond motifs is 5. The predicted octanol–water partition coefficient (Wildman–Crippen LogP) is 7.14. The molecular weight excluding hydrogens is 436 g/mol. The van der Waals surface area contributed by atoms with Crippen LogP contribution in [0.4, 0.5) is 0 Å². The van der Waals surface area contributed by atoms with Gasteiger partial charge >= 0.3 is 11.9 Å². The van der Waals surface area contributed by atoms with E-state index in [0.717, 1.165) is 17.5 Å². The molecule has 0 aromatic heterocycles. The lowest BCUT2D eigenvalue weighted by atomic mass is 9.69. The van der Waals surface area contributed by atoms with Gasteiger partial charge in [0.15, 0.2) is 0 Å². The Morgan fingerprint density at radius 2 is 1.11 bits per heavy atom. The van der Waals surface area contributed by atoms with E-state index in [1.165, 1.54) is 25.7 Å². The van der Waals surface area contributed by atoms with Gasteiger partial charge in [-0.1, -0.05) is 64.8 Å². The SMILES string of the molecule is CC(C)c1cccc(C(=O)OC2C3CC(C4CCCCC43)C2OC(=O)c2cccc(C(C)C)c2)c1. The second-order valence-electron chi connectivity index (χ2n) is 11.5. The molecule has 186 valence electrons. The second-order valence-corrected chi connectivity index (χ2v) is 11.5. The van der Waals surface area contributed by atoms with E-state index in [1.54, 1.807) is 0 Å². The second kappa shape index (κ2) is 9.79. The Morgan fingerprint density at radius 3 is 1.51 bits per heavy atom. The summed E-state index contributed by atoms with van der Waals surface area (Å²) in [5, 5.41) is 0. The van der Waals surface area contributed by atoms with Gasteiger partial charge in [0.2, 0.25) is 0 Å². The first-order valence-electron chi connectivity index (χ1n) is 13.5. The molecule has 5 rings (SSSR count). The van der Waals surface area contributed by atoms with Gasteiger partial charge in [-0.15, -0.1) is 0 Å². The van der Waals surface area contributed by atoms with Crippen LogP contribution < -0.4 is 0 Å². The van der Waals surface area contributed by atoms with Crippen molar-refractivity contribution in [2.24, 2.45) is 23.7 Å². The van der Waals surface area contributed by atoms with Gasteiger partial charge in [0.1, 0.15) is 12.2 Å². The summed E-state index contributed by atoms with van der Waals surface area (Å²) in [6.45, 7) is 8.47.